The van der Waals surface area contributed by atoms with Gasteiger partial charge in [-0.15, -0.1) is 12.6 Å². The van der Waals surface area contributed by atoms with Crippen LogP contribution in [0.15, 0.2) is 47.4 Å². The van der Waals surface area contributed by atoms with E-state index in [0.29, 0.717) is 17.5 Å². The lowest BCUT2D eigenvalue weighted by atomic mass is 9.98. The average Bonchev–Trinajstić information content (AvgIpc) is 3.33. The van der Waals surface area contributed by atoms with E-state index < -0.39 is 6.04 Å². The Labute approximate surface area is 169 Å². The third-order valence-corrected chi connectivity index (χ3v) is 6.09. The highest BCUT2D eigenvalue weighted by atomic mass is 32.1. The smallest absolute Gasteiger partial charge is 0.238 e. The molecule has 4 rings (SSSR count). The Balaban J connectivity index is 1.42. The molecule has 1 heterocycles. The van der Waals surface area contributed by atoms with Crippen molar-refractivity contribution in [3.8, 4) is 17.2 Å². The highest BCUT2D eigenvalue weighted by molar-refractivity contribution is 7.80. The first-order valence-corrected chi connectivity index (χ1v) is 10.0. The molecule has 2 N–H and O–H groups in total. The lowest BCUT2D eigenvalue weighted by molar-refractivity contribution is -0.124. The summed E-state index contributed by atoms with van der Waals surface area (Å²) in [6.07, 6.45) is 3.34. The largest absolute Gasteiger partial charge is 0.339 e. The quantitative estimate of drug-likeness (QED) is 0.679. The zero-order valence-corrected chi connectivity index (χ0v) is 16.3. The Bertz CT molecular complexity index is 924. The van der Waals surface area contributed by atoms with Crippen LogP contribution in [0.25, 0.3) is 11.1 Å². The number of nitriles is 1. The molecule has 2 aromatic rings. The number of fused-ring (bicyclic) bond motifs is 2. The Kier molecular flexibility index (Phi) is 5.38. The summed E-state index contributed by atoms with van der Waals surface area (Å²) in [6.45, 7) is 0. The lowest BCUT2D eigenvalue weighted by Gasteiger charge is -2.23. The van der Waals surface area contributed by atoms with Gasteiger partial charge in [-0.05, 0) is 60.1 Å². The number of amides is 1. The summed E-state index contributed by atoms with van der Waals surface area (Å²) < 4.78 is 14.6. The lowest BCUT2D eigenvalue weighted by Crippen LogP contribution is -2.50. The first-order valence-electron chi connectivity index (χ1n) is 9.57. The SMILES string of the molecule is N#CC(Cc1ccc(-c2ccc(S)cc2)cc1F)NC(=O)[C@H]1N[C@@H]2CCC1C2. The molecule has 0 aromatic heterocycles. The van der Waals surface area contributed by atoms with E-state index in [4.69, 9.17) is 0 Å². The van der Waals surface area contributed by atoms with Gasteiger partial charge in [-0.25, -0.2) is 4.39 Å². The van der Waals surface area contributed by atoms with E-state index in [-0.39, 0.29) is 24.2 Å². The monoisotopic (exact) mass is 395 g/mol. The van der Waals surface area contributed by atoms with Gasteiger partial charge in [0, 0.05) is 17.4 Å². The van der Waals surface area contributed by atoms with Crippen molar-refractivity contribution in [2.45, 2.75) is 48.7 Å². The van der Waals surface area contributed by atoms with Gasteiger partial charge in [-0.3, -0.25) is 4.79 Å². The fourth-order valence-corrected chi connectivity index (χ4v) is 4.46. The van der Waals surface area contributed by atoms with Crippen LogP contribution in [-0.4, -0.2) is 24.0 Å². The highest BCUT2D eigenvalue weighted by Crippen LogP contribution is 2.35. The number of carbonyl (C=O) groups is 1. The van der Waals surface area contributed by atoms with Crippen LogP contribution in [0.5, 0.6) is 0 Å². The van der Waals surface area contributed by atoms with Gasteiger partial charge in [0.05, 0.1) is 12.1 Å². The van der Waals surface area contributed by atoms with E-state index in [1.54, 1.807) is 6.07 Å². The van der Waals surface area contributed by atoms with E-state index in [1.165, 1.54) is 6.07 Å². The number of nitrogens with one attached hydrogen (secondary N) is 2. The third-order valence-electron chi connectivity index (χ3n) is 5.79. The van der Waals surface area contributed by atoms with E-state index in [1.807, 2.05) is 30.3 Å². The van der Waals surface area contributed by atoms with Crippen molar-refractivity contribution in [2.75, 3.05) is 0 Å². The molecule has 1 amide bonds. The molecule has 144 valence electrons. The van der Waals surface area contributed by atoms with Crippen LogP contribution in [0.2, 0.25) is 0 Å². The van der Waals surface area contributed by atoms with Crippen LogP contribution in [0, 0.1) is 23.1 Å². The first kappa shape index (κ1) is 19.0. The molecular weight excluding hydrogens is 373 g/mol. The maximum atomic E-state index is 14.6. The first-order chi connectivity index (χ1) is 13.5. The van der Waals surface area contributed by atoms with Crippen molar-refractivity contribution >= 4 is 18.5 Å². The summed E-state index contributed by atoms with van der Waals surface area (Å²) in [5, 5.41) is 15.6. The van der Waals surface area contributed by atoms with Gasteiger partial charge >= 0.3 is 0 Å². The van der Waals surface area contributed by atoms with Crippen molar-refractivity contribution in [3.63, 3.8) is 0 Å². The number of hydrogen-bond acceptors (Lipinski definition) is 4. The van der Waals surface area contributed by atoms with E-state index >= 15 is 0 Å². The number of halogens is 1. The van der Waals surface area contributed by atoms with Gasteiger partial charge in [-0.1, -0.05) is 24.3 Å². The normalized spacial score (nSPS) is 24.0. The van der Waals surface area contributed by atoms with Gasteiger partial charge in [-0.2, -0.15) is 5.26 Å². The van der Waals surface area contributed by atoms with E-state index in [0.717, 1.165) is 35.3 Å². The Morgan fingerprint density at radius 2 is 2.00 bits per heavy atom. The average molecular weight is 396 g/mol. The molecule has 2 bridgehead atoms. The maximum Gasteiger partial charge on any atom is 0.238 e. The number of thiol groups is 1. The Hall–Kier alpha value is -2.36. The summed E-state index contributed by atoms with van der Waals surface area (Å²) in [6, 6.07) is 14.0. The number of benzene rings is 2. The standard InChI is InChI=1S/C22H22FN3OS/c23-20-11-14(13-4-7-19(28)8-5-13)1-2-15(20)9-18(12-24)26-22(27)21-16-3-6-17(10-16)25-21/h1-2,4-5,7-8,11,16-18,21,25,28H,3,6,9-10H2,(H,26,27)/t16?,17-,18?,21+/m1/s1. The van der Waals surface area contributed by atoms with Gasteiger partial charge in [0.2, 0.25) is 5.91 Å². The fourth-order valence-electron chi connectivity index (χ4n) is 4.31. The van der Waals surface area contributed by atoms with Crippen LogP contribution in [0.4, 0.5) is 4.39 Å². The minimum absolute atomic E-state index is 0.144. The molecule has 28 heavy (non-hydrogen) atoms. The summed E-state index contributed by atoms with van der Waals surface area (Å²) >= 11 is 4.26. The minimum Gasteiger partial charge on any atom is -0.339 e. The summed E-state index contributed by atoms with van der Waals surface area (Å²) in [4.78, 5) is 13.4. The second-order valence-electron chi connectivity index (χ2n) is 7.66. The molecule has 1 saturated carbocycles. The molecule has 0 spiro atoms. The molecule has 2 aromatic carbocycles. The van der Waals surface area contributed by atoms with Crippen LogP contribution in [0.1, 0.15) is 24.8 Å². The Morgan fingerprint density at radius 3 is 2.61 bits per heavy atom. The summed E-state index contributed by atoms with van der Waals surface area (Å²) in [7, 11) is 0. The van der Waals surface area contributed by atoms with Gasteiger partial charge in [0.1, 0.15) is 11.9 Å². The summed E-state index contributed by atoms with van der Waals surface area (Å²) in [5.74, 6) is -0.174. The maximum absolute atomic E-state index is 14.6. The van der Waals surface area contributed by atoms with Gasteiger partial charge < -0.3 is 10.6 Å². The van der Waals surface area contributed by atoms with Crippen LogP contribution in [0.3, 0.4) is 0 Å². The molecule has 2 aliphatic rings. The van der Waals surface area contributed by atoms with Crippen LogP contribution < -0.4 is 10.6 Å². The van der Waals surface area contributed by atoms with Crippen LogP contribution in [-0.2, 0) is 11.2 Å². The second kappa shape index (κ2) is 7.94. The number of rotatable bonds is 5. The van der Waals surface area contributed by atoms with Crippen molar-refractivity contribution < 1.29 is 9.18 Å². The molecule has 1 saturated heterocycles. The molecule has 4 atom stereocenters. The number of nitrogens with zero attached hydrogens (tertiary/aromatic N) is 1. The Morgan fingerprint density at radius 1 is 1.25 bits per heavy atom. The molecule has 2 unspecified atom stereocenters. The number of piperidine rings is 1. The van der Waals surface area contributed by atoms with Crippen molar-refractivity contribution in [3.05, 3.63) is 53.8 Å². The predicted octanol–water partition coefficient (Wildman–Crippen LogP) is 3.47. The second-order valence-corrected chi connectivity index (χ2v) is 8.18. The van der Waals surface area contributed by atoms with Crippen molar-refractivity contribution in [1.29, 1.82) is 5.26 Å². The molecule has 1 aliphatic carbocycles. The van der Waals surface area contributed by atoms with E-state index in [2.05, 4.69) is 29.3 Å². The zero-order valence-electron chi connectivity index (χ0n) is 15.4. The molecular formula is C22H22FN3OS. The predicted molar refractivity (Wildman–Crippen MR) is 108 cm³/mol. The highest BCUT2D eigenvalue weighted by Gasteiger charge is 2.43. The van der Waals surface area contributed by atoms with Gasteiger partial charge in [0.25, 0.3) is 0 Å². The fraction of sp³-hybridized carbons (Fsp3) is 0.364. The zero-order chi connectivity index (χ0) is 19.7. The number of carbonyl (C=O) groups excluding carboxylic acids is 1. The van der Waals surface area contributed by atoms with E-state index in [9.17, 15) is 14.4 Å². The molecule has 1 aliphatic heterocycles. The minimum atomic E-state index is -0.753. The third kappa shape index (κ3) is 3.91. The molecule has 6 heteroatoms. The molecule has 4 nitrogen and oxygen atoms in total. The topological polar surface area (TPSA) is 64.9 Å². The molecule has 0 radical (unpaired) electrons. The van der Waals surface area contributed by atoms with Crippen molar-refractivity contribution in [1.82, 2.24) is 10.6 Å². The van der Waals surface area contributed by atoms with Crippen LogP contribution >= 0.6 is 12.6 Å². The van der Waals surface area contributed by atoms with Crippen molar-refractivity contribution in [2.24, 2.45) is 5.92 Å². The molecule has 2 fully saturated rings. The number of hydrogen-bond donors (Lipinski definition) is 3. The van der Waals surface area contributed by atoms with Gasteiger partial charge in [0.15, 0.2) is 0 Å². The summed E-state index contributed by atoms with van der Waals surface area (Å²) in [5.41, 5.74) is 2.08.